The molecule has 8 nitrogen and oxygen atoms in total. The van der Waals surface area contributed by atoms with E-state index in [1.807, 2.05) is 0 Å². The topological polar surface area (TPSA) is 105 Å². The van der Waals surface area contributed by atoms with E-state index in [2.05, 4.69) is 28.4 Å². The molecular formula is C28H36N2O6S. The number of hydrogen-bond acceptors (Lipinski definition) is 7. The molecule has 0 aromatic heterocycles. The number of hydrogen-bond donors (Lipinski definition) is 2. The molecular weight excluding hydrogens is 492 g/mol. The summed E-state index contributed by atoms with van der Waals surface area (Å²) >= 11 is 0. The lowest BCUT2D eigenvalue weighted by Gasteiger charge is -2.29. The highest BCUT2D eigenvalue weighted by Gasteiger charge is 2.27. The van der Waals surface area contributed by atoms with E-state index in [-0.39, 0.29) is 23.1 Å². The van der Waals surface area contributed by atoms with Crippen LogP contribution in [0.4, 0.5) is 0 Å². The van der Waals surface area contributed by atoms with Crippen molar-refractivity contribution in [1.82, 2.24) is 10.2 Å². The van der Waals surface area contributed by atoms with Gasteiger partial charge in [0.15, 0.2) is 21.3 Å². The van der Waals surface area contributed by atoms with Gasteiger partial charge in [0.1, 0.15) is 19.3 Å². The van der Waals surface area contributed by atoms with Crippen molar-refractivity contribution in [2.45, 2.75) is 68.5 Å². The van der Waals surface area contributed by atoms with Gasteiger partial charge in [0.2, 0.25) is 5.91 Å². The van der Waals surface area contributed by atoms with Crippen LogP contribution in [0.1, 0.15) is 61.3 Å². The number of ether oxygens (including phenoxy) is 2. The van der Waals surface area contributed by atoms with Gasteiger partial charge in [-0.15, -0.1) is 0 Å². The Hall–Kier alpha value is -2.62. The van der Waals surface area contributed by atoms with Crippen LogP contribution in [0.2, 0.25) is 0 Å². The third-order valence-electron chi connectivity index (χ3n) is 7.53. The third kappa shape index (κ3) is 6.27. The van der Waals surface area contributed by atoms with E-state index in [1.165, 1.54) is 42.5 Å². The van der Waals surface area contributed by atoms with Gasteiger partial charge in [-0.05, 0) is 80.4 Å². The molecule has 5 rings (SSSR count). The first-order valence-corrected chi connectivity index (χ1v) is 15.0. The summed E-state index contributed by atoms with van der Waals surface area (Å²) in [4.78, 5) is 15.4. The molecule has 2 aliphatic heterocycles. The standard InChI is InChI=1S/C28H36N2O6S/c31-25(11-16-37(33,34)22-8-10-26-27(18-22)36-15-14-35-26)28(32)29-24-6-4-5-21-17-20(7-9-23(21)24)19-30-12-2-1-3-13-30/h7-10,17-18,24-25,31H,1-6,11-16,19H2,(H,29,32)/t24-,25?/m1/s1. The van der Waals surface area contributed by atoms with Crippen LogP contribution in [-0.4, -0.2) is 62.5 Å². The van der Waals surface area contributed by atoms with Crippen molar-refractivity contribution in [2.75, 3.05) is 32.1 Å². The molecule has 1 fully saturated rings. The van der Waals surface area contributed by atoms with Gasteiger partial charge in [0.05, 0.1) is 16.7 Å². The highest BCUT2D eigenvalue weighted by molar-refractivity contribution is 7.91. The van der Waals surface area contributed by atoms with Crippen LogP contribution in [-0.2, 0) is 27.6 Å². The van der Waals surface area contributed by atoms with Crippen molar-refractivity contribution >= 4 is 15.7 Å². The minimum atomic E-state index is -3.70. The smallest absolute Gasteiger partial charge is 0.249 e. The van der Waals surface area contributed by atoms with Gasteiger partial charge in [0, 0.05) is 12.6 Å². The quantitative estimate of drug-likeness (QED) is 0.542. The summed E-state index contributed by atoms with van der Waals surface area (Å²) in [6.07, 6.45) is 4.99. The molecule has 200 valence electrons. The molecule has 3 aliphatic rings. The Morgan fingerprint density at radius 2 is 1.81 bits per heavy atom. The second kappa shape index (κ2) is 11.4. The SMILES string of the molecule is O=C(N[C@@H]1CCCc2cc(CN3CCCCC3)ccc21)C(O)CCS(=O)(=O)c1ccc2c(c1)OCCO2. The summed E-state index contributed by atoms with van der Waals surface area (Å²) < 4.78 is 36.6. The average Bonchev–Trinajstić information content (AvgIpc) is 2.92. The Balaban J connectivity index is 1.17. The number of amides is 1. The fraction of sp³-hybridized carbons (Fsp3) is 0.536. The Kier molecular flexibility index (Phi) is 8.02. The molecule has 2 heterocycles. The van der Waals surface area contributed by atoms with Crippen LogP contribution in [0.15, 0.2) is 41.3 Å². The lowest BCUT2D eigenvalue weighted by molar-refractivity contribution is -0.130. The number of piperidine rings is 1. The summed E-state index contributed by atoms with van der Waals surface area (Å²) in [6.45, 7) is 4.04. The van der Waals surface area contributed by atoms with Crippen LogP contribution in [0.3, 0.4) is 0 Å². The van der Waals surface area contributed by atoms with E-state index < -0.39 is 21.8 Å². The third-order valence-corrected chi connectivity index (χ3v) is 9.27. The van der Waals surface area contributed by atoms with Crippen LogP contribution in [0.5, 0.6) is 11.5 Å². The van der Waals surface area contributed by atoms with Crippen LogP contribution in [0, 0.1) is 0 Å². The zero-order chi connectivity index (χ0) is 25.8. The molecule has 0 bridgehead atoms. The molecule has 2 aromatic rings. The van der Waals surface area contributed by atoms with Crippen LogP contribution < -0.4 is 14.8 Å². The summed E-state index contributed by atoms with van der Waals surface area (Å²) in [5.41, 5.74) is 3.65. The number of nitrogens with zero attached hydrogens (tertiary/aromatic N) is 1. The summed E-state index contributed by atoms with van der Waals surface area (Å²) in [5, 5.41) is 13.5. The Morgan fingerprint density at radius 1 is 1.03 bits per heavy atom. The number of carbonyl (C=O) groups excluding carboxylic acids is 1. The van der Waals surface area contributed by atoms with Crippen molar-refractivity contribution in [3.8, 4) is 11.5 Å². The molecule has 37 heavy (non-hydrogen) atoms. The number of aliphatic hydroxyl groups is 1. The van der Waals surface area contributed by atoms with Gasteiger partial charge < -0.3 is 19.9 Å². The first kappa shape index (κ1) is 26.0. The zero-order valence-electron chi connectivity index (χ0n) is 21.2. The molecule has 9 heteroatoms. The van der Waals surface area contributed by atoms with Crippen molar-refractivity contribution < 1.29 is 27.8 Å². The summed E-state index contributed by atoms with van der Waals surface area (Å²) in [7, 11) is -3.70. The Morgan fingerprint density at radius 3 is 2.62 bits per heavy atom. The molecule has 1 saturated heterocycles. The van der Waals surface area contributed by atoms with E-state index >= 15 is 0 Å². The molecule has 0 spiro atoms. The van der Waals surface area contributed by atoms with Crippen molar-refractivity contribution in [1.29, 1.82) is 0 Å². The number of likely N-dealkylation sites (tertiary alicyclic amines) is 1. The number of aliphatic hydroxyl groups excluding tert-OH is 1. The maximum atomic E-state index is 12.8. The first-order chi connectivity index (χ1) is 17.9. The molecule has 1 aliphatic carbocycles. The second-order valence-electron chi connectivity index (χ2n) is 10.3. The Labute approximate surface area is 218 Å². The number of carbonyl (C=O) groups is 1. The van der Waals surface area contributed by atoms with Gasteiger partial charge in [-0.25, -0.2) is 8.42 Å². The zero-order valence-corrected chi connectivity index (χ0v) is 22.0. The van der Waals surface area contributed by atoms with Gasteiger partial charge in [0.25, 0.3) is 0 Å². The molecule has 2 atom stereocenters. The molecule has 2 aromatic carbocycles. The average molecular weight is 529 g/mol. The van der Waals surface area contributed by atoms with Gasteiger partial charge in [-0.1, -0.05) is 24.6 Å². The first-order valence-electron chi connectivity index (χ1n) is 13.3. The summed E-state index contributed by atoms with van der Waals surface area (Å²) in [5.74, 6) is 0.0202. The molecule has 2 N–H and O–H groups in total. The molecule has 0 radical (unpaired) electrons. The number of benzene rings is 2. The lowest BCUT2D eigenvalue weighted by atomic mass is 9.86. The summed E-state index contributed by atoms with van der Waals surface area (Å²) in [6, 6.07) is 10.8. The monoisotopic (exact) mass is 528 g/mol. The van der Waals surface area contributed by atoms with Gasteiger partial charge in [-0.2, -0.15) is 0 Å². The van der Waals surface area contributed by atoms with Crippen molar-refractivity contribution in [3.05, 3.63) is 53.1 Å². The molecule has 0 saturated carbocycles. The number of nitrogens with one attached hydrogen (secondary N) is 1. The fourth-order valence-electron chi connectivity index (χ4n) is 5.49. The minimum absolute atomic E-state index is 0.0888. The van der Waals surface area contributed by atoms with Gasteiger partial charge >= 0.3 is 0 Å². The molecule has 1 unspecified atom stereocenters. The van der Waals surface area contributed by atoms with E-state index in [9.17, 15) is 18.3 Å². The largest absolute Gasteiger partial charge is 0.486 e. The van der Waals surface area contributed by atoms with E-state index in [4.69, 9.17) is 9.47 Å². The second-order valence-corrected chi connectivity index (χ2v) is 12.4. The van der Waals surface area contributed by atoms with E-state index in [0.717, 1.165) is 44.5 Å². The number of fused-ring (bicyclic) bond motifs is 2. The predicted octanol–water partition coefficient (Wildman–Crippen LogP) is 3.16. The van der Waals surface area contributed by atoms with Crippen molar-refractivity contribution in [2.24, 2.45) is 0 Å². The highest BCUT2D eigenvalue weighted by Crippen LogP contribution is 2.33. The minimum Gasteiger partial charge on any atom is -0.486 e. The van der Waals surface area contributed by atoms with Crippen LogP contribution in [0.25, 0.3) is 0 Å². The number of rotatable bonds is 8. The lowest BCUT2D eigenvalue weighted by Crippen LogP contribution is -2.39. The fourth-order valence-corrected chi connectivity index (χ4v) is 6.82. The maximum absolute atomic E-state index is 12.8. The number of aryl methyl sites for hydroxylation is 1. The molecule has 1 amide bonds. The van der Waals surface area contributed by atoms with E-state index in [1.54, 1.807) is 6.07 Å². The van der Waals surface area contributed by atoms with Gasteiger partial charge in [-0.3, -0.25) is 9.69 Å². The number of sulfone groups is 1. The predicted molar refractivity (Wildman–Crippen MR) is 140 cm³/mol. The van der Waals surface area contributed by atoms with E-state index in [0.29, 0.717) is 24.7 Å². The normalized spacial score (nSPS) is 20.6. The maximum Gasteiger partial charge on any atom is 0.249 e. The Bertz CT molecular complexity index is 1230. The van der Waals surface area contributed by atoms with Crippen molar-refractivity contribution in [3.63, 3.8) is 0 Å². The van der Waals surface area contributed by atoms with Crippen LogP contribution >= 0.6 is 0 Å². The highest BCUT2D eigenvalue weighted by atomic mass is 32.2.